The van der Waals surface area contributed by atoms with Crippen LogP contribution in [0.2, 0.25) is 0 Å². The summed E-state index contributed by atoms with van der Waals surface area (Å²) in [5.41, 5.74) is 7.18. The molecule has 2 aromatic rings. The molecule has 8 heteroatoms. The van der Waals surface area contributed by atoms with Gasteiger partial charge in [0, 0.05) is 43.9 Å². The molecule has 2 aromatic heterocycles. The molecule has 0 atom stereocenters. The standard InChI is InChI=1S/C15H19F2N5S/c1-21-4-6-22(7-5-21)13-12-11(19-14(18)20-13)9-8-15(16,17)3-2-10(9)23-12/h2-8H2,1H3,(H2,18,19,20). The minimum absolute atomic E-state index is 0.0838. The van der Waals surface area contributed by atoms with Gasteiger partial charge in [-0.2, -0.15) is 4.98 Å². The number of hydrogen-bond donors (Lipinski definition) is 1. The molecule has 124 valence electrons. The van der Waals surface area contributed by atoms with Gasteiger partial charge in [0.2, 0.25) is 5.95 Å². The summed E-state index contributed by atoms with van der Waals surface area (Å²) in [5, 5.41) is 0. The number of hydrogen-bond acceptors (Lipinski definition) is 6. The minimum Gasteiger partial charge on any atom is -0.368 e. The predicted octanol–water partition coefficient (Wildman–Crippen LogP) is 2.15. The zero-order chi connectivity index (χ0) is 16.2. The lowest BCUT2D eigenvalue weighted by atomic mass is 9.95. The van der Waals surface area contributed by atoms with E-state index < -0.39 is 5.92 Å². The predicted molar refractivity (Wildman–Crippen MR) is 88.5 cm³/mol. The SMILES string of the molecule is CN1CCN(c2nc(N)nc3c4c(sc23)CCC(F)(F)C4)CC1. The van der Waals surface area contributed by atoms with Gasteiger partial charge in [-0.15, -0.1) is 11.3 Å². The maximum Gasteiger partial charge on any atom is 0.252 e. The van der Waals surface area contributed by atoms with Crippen molar-refractivity contribution in [3.8, 4) is 0 Å². The number of nitrogens with zero attached hydrogens (tertiary/aromatic N) is 4. The Morgan fingerprint density at radius 2 is 1.91 bits per heavy atom. The fraction of sp³-hybridized carbons (Fsp3) is 0.600. The molecule has 0 spiro atoms. The van der Waals surface area contributed by atoms with Crippen molar-refractivity contribution in [3.63, 3.8) is 0 Å². The fourth-order valence-corrected chi connectivity index (χ4v) is 4.61. The van der Waals surface area contributed by atoms with Gasteiger partial charge < -0.3 is 15.5 Å². The lowest BCUT2D eigenvalue weighted by Gasteiger charge is -2.33. The number of anilines is 2. The van der Waals surface area contributed by atoms with Gasteiger partial charge in [0.05, 0.1) is 10.2 Å². The van der Waals surface area contributed by atoms with Crippen LogP contribution >= 0.6 is 11.3 Å². The van der Waals surface area contributed by atoms with Gasteiger partial charge in [0.15, 0.2) is 5.82 Å². The summed E-state index contributed by atoms with van der Waals surface area (Å²) >= 11 is 1.56. The minimum atomic E-state index is -2.64. The average molecular weight is 339 g/mol. The third-order valence-electron chi connectivity index (χ3n) is 4.67. The number of piperazine rings is 1. The smallest absolute Gasteiger partial charge is 0.252 e. The van der Waals surface area contributed by atoms with Crippen molar-refractivity contribution in [3.05, 3.63) is 10.4 Å². The number of alkyl halides is 2. The highest BCUT2D eigenvalue weighted by atomic mass is 32.1. The second-order valence-electron chi connectivity index (χ2n) is 6.41. The van der Waals surface area contributed by atoms with E-state index in [-0.39, 0.29) is 18.8 Å². The molecule has 0 bridgehead atoms. The number of aryl methyl sites for hydroxylation is 1. The number of thiophene rings is 1. The van der Waals surface area contributed by atoms with Crippen LogP contribution in [0.3, 0.4) is 0 Å². The maximum absolute atomic E-state index is 13.8. The molecular formula is C15H19F2N5S. The van der Waals surface area contributed by atoms with Crippen LogP contribution in [-0.2, 0) is 12.8 Å². The molecule has 3 heterocycles. The van der Waals surface area contributed by atoms with Gasteiger partial charge in [0.25, 0.3) is 5.92 Å². The largest absolute Gasteiger partial charge is 0.368 e. The van der Waals surface area contributed by atoms with E-state index in [0.717, 1.165) is 41.6 Å². The molecule has 0 aromatic carbocycles. The van der Waals surface area contributed by atoms with Gasteiger partial charge in [-0.1, -0.05) is 0 Å². The van der Waals surface area contributed by atoms with Gasteiger partial charge in [-0.25, -0.2) is 13.8 Å². The van der Waals surface area contributed by atoms with Crippen molar-refractivity contribution in [2.24, 2.45) is 0 Å². The topological polar surface area (TPSA) is 58.3 Å². The van der Waals surface area contributed by atoms with E-state index in [2.05, 4.69) is 26.8 Å². The third kappa shape index (κ3) is 2.63. The molecular weight excluding hydrogens is 320 g/mol. The number of nitrogens with two attached hydrogens (primary N) is 1. The van der Waals surface area contributed by atoms with Crippen LogP contribution in [-0.4, -0.2) is 54.0 Å². The Balaban J connectivity index is 1.82. The quantitative estimate of drug-likeness (QED) is 0.863. The van der Waals surface area contributed by atoms with Crippen LogP contribution in [0.25, 0.3) is 10.2 Å². The first-order chi connectivity index (χ1) is 10.9. The second kappa shape index (κ2) is 5.24. The molecule has 0 amide bonds. The van der Waals surface area contributed by atoms with Gasteiger partial charge >= 0.3 is 0 Å². The first-order valence-electron chi connectivity index (χ1n) is 7.82. The monoisotopic (exact) mass is 339 g/mol. The van der Waals surface area contributed by atoms with E-state index in [1.807, 2.05) is 0 Å². The van der Waals surface area contributed by atoms with Gasteiger partial charge in [-0.3, -0.25) is 0 Å². The zero-order valence-electron chi connectivity index (χ0n) is 13.0. The number of rotatable bonds is 1. The van der Waals surface area contributed by atoms with Crippen LogP contribution in [0, 0.1) is 0 Å². The molecule has 23 heavy (non-hydrogen) atoms. The third-order valence-corrected chi connectivity index (χ3v) is 5.95. The molecule has 1 aliphatic carbocycles. The first kappa shape index (κ1) is 15.0. The highest BCUT2D eigenvalue weighted by Gasteiger charge is 2.37. The highest BCUT2D eigenvalue weighted by Crippen LogP contribution is 2.43. The summed E-state index contributed by atoms with van der Waals surface area (Å²) in [6, 6.07) is 0. The number of fused-ring (bicyclic) bond motifs is 3. The van der Waals surface area contributed by atoms with E-state index in [1.54, 1.807) is 11.3 Å². The summed E-state index contributed by atoms with van der Waals surface area (Å²) in [6.45, 7) is 3.63. The molecule has 1 saturated heterocycles. The van der Waals surface area contributed by atoms with Crippen LogP contribution in [0.4, 0.5) is 20.5 Å². The Labute approximate surface area is 137 Å². The van der Waals surface area contributed by atoms with Gasteiger partial charge in [-0.05, 0) is 19.0 Å². The Kier molecular flexibility index (Phi) is 3.42. The summed E-state index contributed by atoms with van der Waals surface area (Å²) in [7, 11) is 2.09. The van der Waals surface area contributed by atoms with Crippen molar-refractivity contribution >= 4 is 33.3 Å². The van der Waals surface area contributed by atoms with Crippen molar-refractivity contribution < 1.29 is 8.78 Å². The number of nitrogen functional groups attached to an aromatic ring is 1. The molecule has 0 radical (unpaired) electrons. The first-order valence-corrected chi connectivity index (χ1v) is 8.64. The molecule has 5 nitrogen and oxygen atoms in total. The second-order valence-corrected chi connectivity index (χ2v) is 7.52. The molecule has 1 fully saturated rings. The summed E-state index contributed by atoms with van der Waals surface area (Å²) in [4.78, 5) is 14.2. The van der Waals surface area contributed by atoms with E-state index >= 15 is 0 Å². The van der Waals surface area contributed by atoms with Gasteiger partial charge in [0.1, 0.15) is 0 Å². The Morgan fingerprint density at radius 1 is 1.17 bits per heavy atom. The Bertz CT molecular complexity index is 752. The molecule has 0 unspecified atom stereocenters. The average Bonchev–Trinajstić information content (AvgIpc) is 2.84. The summed E-state index contributed by atoms with van der Waals surface area (Å²) in [5.74, 6) is -1.67. The van der Waals surface area contributed by atoms with Crippen molar-refractivity contribution in [1.29, 1.82) is 0 Å². The number of halogens is 2. The van der Waals surface area contributed by atoms with Crippen molar-refractivity contribution in [2.75, 3.05) is 43.9 Å². The lowest BCUT2D eigenvalue weighted by Crippen LogP contribution is -2.44. The van der Waals surface area contributed by atoms with E-state index in [4.69, 9.17) is 5.73 Å². The molecule has 0 saturated carbocycles. The molecule has 4 rings (SSSR count). The van der Waals surface area contributed by atoms with Crippen molar-refractivity contribution in [1.82, 2.24) is 14.9 Å². The zero-order valence-corrected chi connectivity index (χ0v) is 13.8. The van der Waals surface area contributed by atoms with E-state index in [0.29, 0.717) is 17.5 Å². The van der Waals surface area contributed by atoms with Crippen LogP contribution in [0.5, 0.6) is 0 Å². The number of likely N-dealkylation sites (N-methyl/N-ethyl adjacent to an activating group) is 1. The normalized spacial score (nSPS) is 21.6. The molecule has 2 N–H and O–H groups in total. The highest BCUT2D eigenvalue weighted by molar-refractivity contribution is 7.19. The maximum atomic E-state index is 13.8. The fourth-order valence-electron chi connectivity index (χ4n) is 3.33. The van der Waals surface area contributed by atoms with E-state index in [1.165, 1.54) is 0 Å². The summed E-state index contributed by atoms with van der Waals surface area (Å²) in [6.07, 6.45) is 0.0893. The number of aromatic nitrogens is 2. The molecule has 2 aliphatic rings. The van der Waals surface area contributed by atoms with Crippen LogP contribution in [0.15, 0.2) is 0 Å². The van der Waals surface area contributed by atoms with E-state index in [9.17, 15) is 8.78 Å². The van der Waals surface area contributed by atoms with Crippen LogP contribution in [0.1, 0.15) is 16.9 Å². The summed E-state index contributed by atoms with van der Waals surface area (Å²) < 4.78 is 28.5. The van der Waals surface area contributed by atoms with Crippen molar-refractivity contribution in [2.45, 2.75) is 25.2 Å². The molecule has 1 aliphatic heterocycles. The Morgan fingerprint density at radius 3 is 2.65 bits per heavy atom. The lowest BCUT2D eigenvalue weighted by molar-refractivity contribution is -0.0113. The Hall–Kier alpha value is -1.54. The van der Waals surface area contributed by atoms with Crippen LogP contribution < -0.4 is 10.6 Å².